The van der Waals surface area contributed by atoms with Crippen LogP contribution < -0.4 is 10.6 Å². The highest BCUT2D eigenvalue weighted by molar-refractivity contribution is 5.75. The normalized spacial score (nSPS) is 11.9. The lowest BCUT2D eigenvalue weighted by atomic mass is 10.1. The number of hydrogen-bond donors (Lipinski definition) is 3. The number of hydrogen-bond acceptors (Lipinski definition) is 4. The molecule has 1 aromatic rings. The SMILES string of the molecule is CCC(CC(=O)O)NC(=O)NCc1cc(C)no1. The Balaban J connectivity index is 2.34. The first-order valence-corrected chi connectivity index (χ1v) is 5.69. The number of carbonyl (C=O) groups is 2. The predicted molar refractivity (Wildman–Crippen MR) is 62.9 cm³/mol. The number of aryl methyl sites for hydroxylation is 1. The number of carboxylic acid groups (broad SMARTS) is 1. The van der Waals surface area contributed by atoms with Crippen LogP contribution >= 0.6 is 0 Å². The van der Waals surface area contributed by atoms with Crippen LogP contribution in [0, 0.1) is 6.92 Å². The van der Waals surface area contributed by atoms with Gasteiger partial charge in [-0.3, -0.25) is 4.79 Å². The molecule has 1 atom stereocenters. The second-order valence-corrected chi connectivity index (χ2v) is 3.96. The number of nitrogens with zero attached hydrogens (tertiary/aromatic N) is 1. The summed E-state index contributed by atoms with van der Waals surface area (Å²) in [6.07, 6.45) is 0.465. The van der Waals surface area contributed by atoms with E-state index in [1.807, 2.05) is 6.92 Å². The van der Waals surface area contributed by atoms with E-state index in [0.717, 1.165) is 5.69 Å². The second kappa shape index (κ2) is 6.63. The zero-order valence-electron chi connectivity index (χ0n) is 10.4. The molecule has 0 aliphatic heterocycles. The zero-order chi connectivity index (χ0) is 13.5. The minimum atomic E-state index is -0.937. The Kier molecular flexibility index (Phi) is 5.16. The van der Waals surface area contributed by atoms with Crippen LogP contribution in [-0.4, -0.2) is 28.3 Å². The van der Waals surface area contributed by atoms with Crippen molar-refractivity contribution in [1.29, 1.82) is 0 Å². The number of aliphatic carboxylic acids is 1. The van der Waals surface area contributed by atoms with E-state index in [0.29, 0.717) is 12.2 Å². The van der Waals surface area contributed by atoms with Crippen molar-refractivity contribution >= 4 is 12.0 Å². The third kappa shape index (κ3) is 4.86. The van der Waals surface area contributed by atoms with Crippen molar-refractivity contribution in [2.75, 3.05) is 0 Å². The standard InChI is InChI=1S/C11H17N3O4/c1-3-8(5-10(15)16)13-11(17)12-6-9-4-7(2)14-18-9/h4,8H,3,5-6H2,1-2H3,(H,15,16)(H2,12,13,17). The summed E-state index contributed by atoms with van der Waals surface area (Å²) in [5, 5.41) is 17.5. The maximum atomic E-state index is 11.5. The van der Waals surface area contributed by atoms with Crippen molar-refractivity contribution in [3.8, 4) is 0 Å². The Labute approximate surface area is 105 Å². The highest BCUT2D eigenvalue weighted by Crippen LogP contribution is 2.01. The highest BCUT2D eigenvalue weighted by Gasteiger charge is 2.14. The third-order valence-electron chi connectivity index (χ3n) is 2.35. The molecule has 0 saturated carbocycles. The van der Waals surface area contributed by atoms with Gasteiger partial charge in [0.25, 0.3) is 0 Å². The summed E-state index contributed by atoms with van der Waals surface area (Å²) in [5.41, 5.74) is 0.740. The zero-order valence-corrected chi connectivity index (χ0v) is 10.4. The van der Waals surface area contributed by atoms with Crippen LogP contribution in [0.2, 0.25) is 0 Å². The Bertz CT molecular complexity index is 416. The maximum Gasteiger partial charge on any atom is 0.315 e. The molecule has 2 amide bonds. The Morgan fingerprint density at radius 3 is 2.78 bits per heavy atom. The lowest BCUT2D eigenvalue weighted by molar-refractivity contribution is -0.137. The summed E-state index contributed by atoms with van der Waals surface area (Å²) in [5.74, 6) is -0.387. The molecule has 7 heteroatoms. The van der Waals surface area contributed by atoms with Crippen LogP contribution in [0.1, 0.15) is 31.2 Å². The van der Waals surface area contributed by atoms with Gasteiger partial charge in [0.05, 0.1) is 18.7 Å². The van der Waals surface area contributed by atoms with Gasteiger partial charge in [0.15, 0.2) is 5.76 Å². The van der Waals surface area contributed by atoms with E-state index in [9.17, 15) is 9.59 Å². The van der Waals surface area contributed by atoms with E-state index in [1.54, 1.807) is 13.0 Å². The second-order valence-electron chi connectivity index (χ2n) is 3.96. The molecule has 0 fully saturated rings. The molecule has 0 spiro atoms. The number of amides is 2. The fourth-order valence-electron chi connectivity index (χ4n) is 1.41. The summed E-state index contributed by atoms with van der Waals surface area (Å²) >= 11 is 0. The van der Waals surface area contributed by atoms with Crippen LogP contribution in [0.25, 0.3) is 0 Å². The van der Waals surface area contributed by atoms with Crippen LogP contribution in [0.4, 0.5) is 4.79 Å². The van der Waals surface area contributed by atoms with Gasteiger partial charge in [0.1, 0.15) is 0 Å². The van der Waals surface area contributed by atoms with Gasteiger partial charge in [-0.05, 0) is 13.3 Å². The Morgan fingerprint density at radius 1 is 1.56 bits per heavy atom. The van der Waals surface area contributed by atoms with E-state index < -0.39 is 12.0 Å². The van der Waals surface area contributed by atoms with Crippen LogP contribution in [0.5, 0.6) is 0 Å². The molecule has 0 saturated heterocycles. The molecule has 1 aromatic heterocycles. The number of urea groups is 1. The molecule has 0 aliphatic rings. The average molecular weight is 255 g/mol. The lowest BCUT2D eigenvalue weighted by Gasteiger charge is -2.14. The van der Waals surface area contributed by atoms with E-state index in [2.05, 4.69) is 15.8 Å². The number of aromatic nitrogens is 1. The van der Waals surface area contributed by atoms with Crippen LogP contribution in [0.3, 0.4) is 0 Å². The minimum absolute atomic E-state index is 0.0919. The van der Waals surface area contributed by atoms with Gasteiger partial charge in [0.2, 0.25) is 0 Å². The third-order valence-corrected chi connectivity index (χ3v) is 2.35. The topological polar surface area (TPSA) is 104 Å². The molecule has 0 bridgehead atoms. The summed E-state index contributed by atoms with van der Waals surface area (Å²) in [6, 6.07) is 0.922. The molecule has 3 N–H and O–H groups in total. The largest absolute Gasteiger partial charge is 0.481 e. The van der Waals surface area contributed by atoms with Gasteiger partial charge in [0, 0.05) is 12.1 Å². The van der Waals surface area contributed by atoms with Crippen LogP contribution in [0.15, 0.2) is 10.6 Å². The lowest BCUT2D eigenvalue weighted by Crippen LogP contribution is -2.42. The van der Waals surface area contributed by atoms with Gasteiger partial charge >= 0.3 is 12.0 Å². The van der Waals surface area contributed by atoms with Crippen molar-refractivity contribution in [1.82, 2.24) is 15.8 Å². The van der Waals surface area contributed by atoms with E-state index >= 15 is 0 Å². The highest BCUT2D eigenvalue weighted by atomic mass is 16.5. The Morgan fingerprint density at radius 2 is 2.28 bits per heavy atom. The van der Waals surface area contributed by atoms with E-state index in [1.165, 1.54) is 0 Å². The quantitative estimate of drug-likeness (QED) is 0.704. The van der Waals surface area contributed by atoms with Gasteiger partial charge in [-0.25, -0.2) is 4.79 Å². The Hall–Kier alpha value is -2.05. The predicted octanol–water partition coefficient (Wildman–Crippen LogP) is 1.04. The molecule has 0 aliphatic carbocycles. The molecule has 0 radical (unpaired) electrons. The fraction of sp³-hybridized carbons (Fsp3) is 0.545. The van der Waals surface area contributed by atoms with Gasteiger partial charge in [-0.2, -0.15) is 0 Å². The summed E-state index contributed by atoms with van der Waals surface area (Å²) in [7, 11) is 0. The van der Waals surface area contributed by atoms with Crippen molar-refractivity contribution in [2.45, 2.75) is 39.3 Å². The molecule has 1 unspecified atom stereocenters. The summed E-state index contributed by atoms with van der Waals surface area (Å²) < 4.78 is 4.92. The number of carboxylic acids is 1. The first kappa shape index (κ1) is 14.0. The summed E-state index contributed by atoms with van der Waals surface area (Å²) in [4.78, 5) is 22.0. The van der Waals surface area contributed by atoms with Crippen molar-refractivity contribution in [3.05, 3.63) is 17.5 Å². The van der Waals surface area contributed by atoms with E-state index in [-0.39, 0.29) is 19.0 Å². The van der Waals surface area contributed by atoms with Gasteiger partial charge in [-0.15, -0.1) is 0 Å². The van der Waals surface area contributed by atoms with Crippen molar-refractivity contribution in [3.63, 3.8) is 0 Å². The number of nitrogens with one attached hydrogen (secondary N) is 2. The smallest absolute Gasteiger partial charge is 0.315 e. The van der Waals surface area contributed by atoms with E-state index in [4.69, 9.17) is 9.63 Å². The van der Waals surface area contributed by atoms with Gasteiger partial charge < -0.3 is 20.3 Å². The maximum absolute atomic E-state index is 11.5. The molecule has 7 nitrogen and oxygen atoms in total. The molecule has 18 heavy (non-hydrogen) atoms. The van der Waals surface area contributed by atoms with Crippen molar-refractivity contribution in [2.24, 2.45) is 0 Å². The average Bonchev–Trinajstić information content (AvgIpc) is 2.71. The fourth-order valence-corrected chi connectivity index (χ4v) is 1.41. The molecule has 1 rings (SSSR count). The van der Waals surface area contributed by atoms with Gasteiger partial charge in [-0.1, -0.05) is 12.1 Å². The first-order valence-electron chi connectivity index (χ1n) is 5.69. The molecular formula is C11H17N3O4. The summed E-state index contributed by atoms with van der Waals surface area (Å²) in [6.45, 7) is 3.82. The minimum Gasteiger partial charge on any atom is -0.481 e. The monoisotopic (exact) mass is 255 g/mol. The van der Waals surface area contributed by atoms with Crippen LogP contribution in [-0.2, 0) is 11.3 Å². The number of rotatable bonds is 6. The number of carbonyl (C=O) groups excluding carboxylic acids is 1. The first-order chi connectivity index (χ1) is 8.51. The molecule has 0 aromatic carbocycles. The molecule has 1 heterocycles. The van der Waals surface area contributed by atoms with Crippen molar-refractivity contribution < 1.29 is 19.2 Å². The molecular weight excluding hydrogens is 238 g/mol. The molecule has 100 valence electrons.